The number of rotatable bonds is 3. The molecule has 2 heterocycles. The Balaban J connectivity index is 1.91. The third-order valence-corrected chi connectivity index (χ3v) is 3.07. The minimum atomic E-state index is -0.0935. The number of ketones is 1. The number of nitrogens with two attached hydrogens (primary N) is 2. The van der Waals surface area contributed by atoms with E-state index in [4.69, 9.17) is 11.5 Å². The van der Waals surface area contributed by atoms with Crippen molar-refractivity contribution in [3.63, 3.8) is 0 Å². The van der Waals surface area contributed by atoms with Crippen LogP contribution >= 0.6 is 0 Å². The van der Waals surface area contributed by atoms with Crippen molar-refractivity contribution in [3.05, 3.63) is 59.8 Å². The van der Waals surface area contributed by atoms with E-state index in [2.05, 4.69) is 15.0 Å². The first-order valence-electron chi connectivity index (χ1n) is 6.61. The van der Waals surface area contributed by atoms with E-state index in [9.17, 15) is 4.79 Å². The first kappa shape index (κ1) is 13.7. The molecule has 0 aliphatic carbocycles. The van der Waals surface area contributed by atoms with Crippen LogP contribution in [0.3, 0.4) is 0 Å². The molecule has 2 aromatic heterocycles. The zero-order valence-corrected chi connectivity index (χ0v) is 11.6. The summed E-state index contributed by atoms with van der Waals surface area (Å²) in [5.41, 5.74) is 13.6. The summed E-state index contributed by atoms with van der Waals surface area (Å²) in [7, 11) is 0. The number of carbonyl (C=O) groups excluding carboxylic acids is 1. The number of pyridine rings is 1. The lowest BCUT2D eigenvalue weighted by atomic mass is 10.1. The molecule has 0 saturated carbocycles. The zero-order valence-electron chi connectivity index (χ0n) is 11.6. The smallest absolute Gasteiger partial charge is 0.222 e. The van der Waals surface area contributed by atoms with Gasteiger partial charge in [-0.1, -0.05) is 30.3 Å². The van der Waals surface area contributed by atoms with Crippen LogP contribution in [0.15, 0.2) is 48.5 Å². The van der Waals surface area contributed by atoms with Crippen LogP contribution in [0.1, 0.15) is 16.1 Å². The summed E-state index contributed by atoms with van der Waals surface area (Å²) >= 11 is 0. The SMILES string of the molecule is Nc1nc(N)c2nc(/C=C/C(=O)c3ccccc3)ccc2n1. The molecule has 0 aliphatic rings. The van der Waals surface area contributed by atoms with E-state index in [0.717, 1.165) is 0 Å². The van der Waals surface area contributed by atoms with Gasteiger partial charge in [0.2, 0.25) is 5.95 Å². The zero-order chi connectivity index (χ0) is 15.5. The van der Waals surface area contributed by atoms with Gasteiger partial charge in [-0.25, -0.2) is 9.97 Å². The van der Waals surface area contributed by atoms with Gasteiger partial charge in [-0.3, -0.25) is 4.79 Å². The molecule has 0 unspecified atom stereocenters. The summed E-state index contributed by atoms with van der Waals surface area (Å²) in [6.45, 7) is 0. The maximum Gasteiger partial charge on any atom is 0.222 e. The van der Waals surface area contributed by atoms with Gasteiger partial charge in [0.1, 0.15) is 5.52 Å². The van der Waals surface area contributed by atoms with Crippen molar-refractivity contribution in [1.82, 2.24) is 15.0 Å². The maximum atomic E-state index is 12.0. The molecule has 0 bridgehead atoms. The number of nitrogens with zero attached hydrogens (tertiary/aromatic N) is 3. The van der Waals surface area contributed by atoms with Gasteiger partial charge in [-0.05, 0) is 24.3 Å². The summed E-state index contributed by atoms with van der Waals surface area (Å²) in [5.74, 6) is 0.227. The summed E-state index contributed by atoms with van der Waals surface area (Å²) < 4.78 is 0. The van der Waals surface area contributed by atoms with E-state index in [1.165, 1.54) is 6.08 Å². The Morgan fingerprint density at radius 3 is 2.50 bits per heavy atom. The number of benzene rings is 1. The van der Waals surface area contributed by atoms with E-state index in [0.29, 0.717) is 22.3 Å². The number of fused-ring (bicyclic) bond motifs is 1. The highest BCUT2D eigenvalue weighted by atomic mass is 16.1. The molecule has 1 aromatic carbocycles. The van der Waals surface area contributed by atoms with Crippen LogP contribution in [-0.2, 0) is 0 Å². The fourth-order valence-corrected chi connectivity index (χ4v) is 2.02. The van der Waals surface area contributed by atoms with Crippen molar-refractivity contribution in [2.75, 3.05) is 11.5 Å². The van der Waals surface area contributed by atoms with Gasteiger partial charge in [0, 0.05) is 5.56 Å². The number of hydrogen-bond acceptors (Lipinski definition) is 6. The molecule has 0 amide bonds. The highest BCUT2D eigenvalue weighted by Gasteiger charge is 2.05. The van der Waals surface area contributed by atoms with Gasteiger partial charge in [0.05, 0.1) is 11.2 Å². The molecule has 3 aromatic rings. The highest BCUT2D eigenvalue weighted by Crippen LogP contribution is 2.17. The fourth-order valence-electron chi connectivity index (χ4n) is 2.02. The lowest BCUT2D eigenvalue weighted by Crippen LogP contribution is -2.02. The molecule has 6 nitrogen and oxygen atoms in total. The number of carbonyl (C=O) groups is 1. The van der Waals surface area contributed by atoms with Crippen molar-refractivity contribution in [2.45, 2.75) is 0 Å². The van der Waals surface area contributed by atoms with Crippen LogP contribution in [0, 0.1) is 0 Å². The monoisotopic (exact) mass is 291 g/mol. The largest absolute Gasteiger partial charge is 0.382 e. The maximum absolute atomic E-state index is 12.0. The van der Waals surface area contributed by atoms with E-state index < -0.39 is 0 Å². The number of allylic oxidation sites excluding steroid dienone is 1. The third kappa shape index (κ3) is 2.76. The second kappa shape index (κ2) is 5.61. The lowest BCUT2D eigenvalue weighted by molar-refractivity contribution is 0.104. The molecule has 0 saturated heterocycles. The predicted octanol–water partition coefficient (Wildman–Crippen LogP) is 2.09. The molecule has 4 N–H and O–H groups in total. The Labute approximate surface area is 126 Å². The highest BCUT2D eigenvalue weighted by molar-refractivity contribution is 6.06. The van der Waals surface area contributed by atoms with E-state index >= 15 is 0 Å². The summed E-state index contributed by atoms with van der Waals surface area (Å²) in [4.78, 5) is 24.3. The number of hydrogen-bond donors (Lipinski definition) is 2. The average Bonchev–Trinajstić information content (AvgIpc) is 2.53. The minimum absolute atomic E-state index is 0.0935. The molecule has 0 atom stereocenters. The van der Waals surface area contributed by atoms with Crippen LogP contribution < -0.4 is 11.5 Å². The van der Waals surface area contributed by atoms with Crippen LogP contribution in [0.4, 0.5) is 11.8 Å². The van der Waals surface area contributed by atoms with Crippen molar-refractivity contribution < 1.29 is 4.79 Å². The minimum Gasteiger partial charge on any atom is -0.382 e. The number of aromatic nitrogens is 3. The Morgan fingerprint density at radius 2 is 1.73 bits per heavy atom. The standard InChI is InChI=1S/C16H13N5O/c17-15-14-12(20-16(18)21-15)8-6-11(19-14)7-9-13(22)10-4-2-1-3-5-10/h1-9H,(H4,17,18,20,21)/b9-7+. The van der Waals surface area contributed by atoms with Crippen LogP contribution in [0.25, 0.3) is 17.1 Å². The summed E-state index contributed by atoms with van der Waals surface area (Å²) in [6.07, 6.45) is 3.10. The molecule has 6 heteroatoms. The Bertz CT molecular complexity index is 874. The van der Waals surface area contributed by atoms with Gasteiger partial charge in [0.25, 0.3) is 0 Å². The van der Waals surface area contributed by atoms with Gasteiger partial charge < -0.3 is 11.5 Å². The molecule has 0 aliphatic heterocycles. The van der Waals surface area contributed by atoms with Crippen LogP contribution in [-0.4, -0.2) is 20.7 Å². The quantitative estimate of drug-likeness (QED) is 0.565. The van der Waals surface area contributed by atoms with E-state index in [-0.39, 0.29) is 17.5 Å². The number of nitrogen functional groups attached to an aromatic ring is 2. The van der Waals surface area contributed by atoms with Gasteiger partial charge in [0.15, 0.2) is 11.6 Å². The summed E-state index contributed by atoms with van der Waals surface area (Å²) in [5, 5.41) is 0. The van der Waals surface area contributed by atoms with E-state index in [1.807, 2.05) is 18.2 Å². The second-order valence-electron chi connectivity index (χ2n) is 4.63. The van der Waals surface area contributed by atoms with Gasteiger partial charge >= 0.3 is 0 Å². The first-order chi connectivity index (χ1) is 10.6. The normalized spacial score (nSPS) is 11.1. The van der Waals surface area contributed by atoms with Gasteiger partial charge in [-0.2, -0.15) is 4.98 Å². The number of anilines is 2. The van der Waals surface area contributed by atoms with Gasteiger partial charge in [-0.15, -0.1) is 0 Å². The summed E-state index contributed by atoms with van der Waals surface area (Å²) in [6, 6.07) is 12.5. The molecule has 3 rings (SSSR count). The Kier molecular flexibility index (Phi) is 3.49. The van der Waals surface area contributed by atoms with Crippen LogP contribution in [0.2, 0.25) is 0 Å². The molecule has 0 fully saturated rings. The molecule has 0 radical (unpaired) electrons. The Hall–Kier alpha value is -3.28. The molecule has 0 spiro atoms. The van der Waals surface area contributed by atoms with Crippen molar-refractivity contribution in [2.24, 2.45) is 0 Å². The average molecular weight is 291 g/mol. The molecular formula is C16H13N5O. The van der Waals surface area contributed by atoms with Crippen molar-refractivity contribution >= 4 is 34.7 Å². The lowest BCUT2D eigenvalue weighted by Gasteiger charge is -2.02. The van der Waals surface area contributed by atoms with Crippen molar-refractivity contribution in [1.29, 1.82) is 0 Å². The Morgan fingerprint density at radius 1 is 0.955 bits per heavy atom. The van der Waals surface area contributed by atoms with Crippen molar-refractivity contribution in [3.8, 4) is 0 Å². The van der Waals surface area contributed by atoms with Crippen LogP contribution in [0.5, 0.6) is 0 Å². The first-order valence-corrected chi connectivity index (χ1v) is 6.61. The third-order valence-electron chi connectivity index (χ3n) is 3.07. The predicted molar refractivity (Wildman–Crippen MR) is 86.0 cm³/mol. The second-order valence-corrected chi connectivity index (χ2v) is 4.63. The molecular weight excluding hydrogens is 278 g/mol. The topological polar surface area (TPSA) is 108 Å². The molecule has 108 valence electrons. The molecule has 22 heavy (non-hydrogen) atoms. The fraction of sp³-hybridized carbons (Fsp3) is 0. The van der Waals surface area contributed by atoms with E-state index in [1.54, 1.807) is 30.3 Å².